The van der Waals surface area contributed by atoms with Crippen LogP contribution < -0.4 is 0 Å². The van der Waals surface area contributed by atoms with Crippen molar-refractivity contribution in [1.29, 1.82) is 0 Å². The van der Waals surface area contributed by atoms with Gasteiger partial charge in [0.05, 0.1) is 6.61 Å². The average Bonchev–Trinajstić information content (AvgIpc) is 3.08. The molecule has 0 N–H and O–H groups in total. The smallest absolute Gasteiger partial charge is 0.306 e. The normalized spacial score (nSPS) is 13.0. The number of esters is 2. The van der Waals surface area contributed by atoms with E-state index in [1.54, 1.807) is 0 Å². The van der Waals surface area contributed by atoms with Crippen molar-refractivity contribution in [3.05, 3.63) is 72.9 Å². The predicted octanol–water partition coefficient (Wildman–Crippen LogP) is 12.4. The molecule has 0 aliphatic carbocycles. The highest BCUT2D eigenvalue weighted by Crippen LogP contribution is 2.10. The van der Waals surface area contributed by atoms with Crippen LogP contribution in [-0.4, -0.2) is 37.9 Å². The Morgan fingerprint density at radius 2 is 0.938 bits per heavy atom. The molecule has 0 aliphatic rings. The SMILES string of the molecule is CC/C=C\C/C=C\C/C=C\CCCCCCOCC(COC(=O)CCCCC/C=C\C/C=C\C/C=C\CC)OC(=O)CCCCCCC. The Kier molecular flexibility index (Phi) is 36.6. The number of carbonyl (C=O) groups is 2. The molecule has 0 aromatic rings. The van der Waals surface area contributed by atoms with Crippen molar-refractivity contribution >= 4 is 11.9 Å². The highest BCUT2D eigenvalue weighted by Gasteiger charge is 2.17. The van der Waals surface area contributed by atoms with Crippen molar-refractivity contribution in [1.82, 2.24) is 0 Å². The molecular weight excluding hydrogens is 596 g/mol. The Morgan fingerprint density at radius 3 is 1.50 bits per heavy atom. The number of rotatable bonds is 34. The van der Waals surface area contributed by atoms with E-state index < -0.39 is 6.10 Å². The molecule has 0 aliphatic heterocycles. The molecule has 0 amide bonds. The quantitative estimate of drug-likeness (QED) is 0.0388. The Morgan fingerprint density at radius 1 is 0.479 bits per heavy atom. The van der Waals surface area contributed by atoms with Gasteiger partial charge in [0.1, 0.15) is 6.61 Å². The van der Waals surface area contributed by atoms with Crippen LogP contribution in [0.25, 0.3) is 0 Å². The van der Waals surface area contributed by atoms with Gasteiger partial charge in [0.2, 0.25) is 0 Å². The second-order valence-corrected chi connectivity index (χ2v) is 12.4. The van der Waals surface area contributed by atoms with Crippen LogP contribution in [0.5, 0.6) is 0 Å². The number of allylic oxidation sites excluding steroid dienone is 12. The number of hydrogen-bond donors (Lipinski definition) is 0. The van der Waals surface area contributed by atoms with Gasteiger partial charge in [-0.05, 0) is 83.5 Å². The molecule has 274 valence electrons. The third-order valence-electron chi connectivity index (χ3n) is 7.74. The Bertz CT molecular complexity index is 895. The molecule has 0 saturated carbocycles. The first-order chi connectivity index (χ1) is 23.6. The van der Waals surface area contributed by atoms with Gasteiger partial charge in [0.25, 0.3) is 0 Å². The predicted molar refractivity (Wildman–Crippen MR) is 205 cm³/mol. The zero-order valence-corrected chi connectivity index (χ0v) is 31.2. The van der Waals surface area contributed by atoms with Crippen LogP contribution >= 0.6 is 0 Å². The van der Waals surface area contributed by atoms with Gasteiger partial charge >= 0.3 is 11.9 Å². The minimum atomic E-state index is -0.555. The highest BCUT2D eigenvalue weighted by atomic mass is 16.6. The summed E-state index contributed by atoms with van der Waals surface area (Å²) in [6, 6.07) is 0. The average molecular weight is 669 g/mol. The molecule has 5 nitrogen and oxygen atoms in total. The maximum Gasteiger partial charge on any atom is 0.306 e. The standard InChI is InChI=1S/C43H72O5/c1-4-7-10-13-15-17-19-21-23-25-27-29-32-35-38-46-39-41(48-43(45)37-34-30-12-9-6-3)40-47-42(44)36-33-31-28-26-24-22-20-18-16-14-11-8-5-2/h7-8,10-11,15-18,21-24,41H,4-6,9,12-14,19-20,25-40H2,1-3H3/b10-7-,11-8-,17-15-,18-16-,23-21-,24-22-. The van der Waals surface area contributed by atoms with E-state index in [1.165, 1.54) is 25.7 Å². The van der Waals surface area contributed by atoms with Gasteiger partial charge in [0.15, 0.2) is 6.10 Å². The lowest BCUT2D eigenvalue weighted by atomic mass is 10.1. The fourth-order valence-electron chi connectivity index (χ4n) is 4.89. The minimum Gasteiger partial charge on any atom is -0.462 e. The topological polar surface area (TPSA) is 61.8 Å². The fraction of sp³-hybridized carbons (Fsp3) is 0.674. The van der Waals surface area contributed by atoms with Crippen LogP contribution in [0.1, 0.15) is 162 Å². The second kappa shape index (κ2) is 38.8. The van der Waals surface area contributed by atoms with E-state index in [4.69, 9.17) is 14.2 Å². The number of ether oxygens (including phenoxy) is 3. The van der Waals surface area contributed by atoms with E-state index in [2.05, 4.69) is 93.7 Å². The summed E-state index contributed by atoms with van der Waals surface area (Å²) in [4.78, 5) is 24.9. The van der Waals surface area contributed by atoms with Gasteiger partial charge < -0.3 is 14.2 Å². The van der Waals surface area contributed by atoms with E-state index in [0.717, 1.165) is 103 Å². The molecule has 5 heteroatoms. The van der Waals surface area contributed by atoms with E-state index in [1.807, 2.05) is 0 Å². The van der Waals surface area contributed by atoms with Crippen molar-refractivity contribution in [2.24, 2.45) is 0 Å². The van der Waals surface area contributed by atoms with Crippen molar-refractivity contribution in [3.63, 3.8) is 0 Å². The van der Waals surface area contributed by atoms with E-state index in [-0.39, 0.29) is 25.2 Å². The summed E-state index contributed by atoms with van der Waals surface area (Å²) in [7, 11) is 0. The molecular formula is C43H72O5. The molecule has 0 fully saturated rings. The lowest BCUT2D eigenvalue weighted by Gasteiger charge is -2.18. The number of unbranched alkanes of at least 4 members (excludes halogenated alkanes) is 11. The van der Waals surface area contributed by atoms with Gasteiger partial charge in [0, 0.05) is 19.4 Å². The molecule has 0 radical (unpaired) electrons. The lowest BCUT2D eigenvalue weighted by Crippen LogP contribution is -2.30. The van der Waals surface area contributed by atoms with Gasteiger partial charge in [-0.15, -0.1) is 0 Å². The maximum absolute atomic E-state index is 12.5. The summed E-state index contributed by atoms with van der Waals surface area (Å²) in [5.41, 5.74) is 0. The molecule has 0 bridgehead atoms. The maximum atomic E-state index is 12.5. The molecule has 0 aromatic heterocycles. The largest absolute Gasteiger partial charge is 0.462 e. The van der Waals surface area contributed by atoms with Crippen LogP contribution in [0.15, 0.2) is 72.9 Å². The van der Waals surface area contributed by atoms with Crippen molar-refractivity contribution < 1.29 is 23.8 Å². The molecule has 0 spiro atoms. The van der Waals surface area contributed by atoms with E-state index in [9.17, 15) is 9.59 Å². The Hall–Kier alpha value is -2.66. The lowest BCUT2D eigenvalue weighted by molar-refractivity contribution is -0.163. The summed E-state index contributed by atoms with van der Waals surface area (Å²) in [6.45, 7) is 7.42. The molecule has 0 saturated heterocycles. The Balaban J connectivity index is 4.22. The first kappa shape index (κ1) is 45.3. The van der Waals surface area contributed by atoms with E-state index >= 15 is 0 Å². The third kappa shape index (κ3) is 36.2. The Labute approximate surface area is 296 Å². The molecule has 1 atom stereocenters. The van der Waals surface area contributed by atoms with Gasteiger partial charge in [-0.25, -0.2) is 0 Å². The van der Waals surface area contributed by atoms with Crippen LogP contribution in [0, 0.1) is 0 Å². The summed E-state index contributed by atoms with van der Waals surface area (Å²) in [5, 5.41) is 0. The molecule has 48 heavy (non-hydrogen) atoms. The molecule has 0 aromatic carbocycles. The highest BCUT2D eigenvalue weighted by molar-refractivity contribution is 5.70. The molecule has 1 unspecified atom stereocenters. The van der Waals surface area contributed by atoms with Crippen molar-refractivity contribution in [3.8, 4) is 0 Å². The van der Waals surface area contributed by atoms with Crippen LogP contribution in [0.3, 0.4) is 0 Å². The summed E-state index contributed by atoms with van der Waals surface area (Å²) >= 11 is 0. The molecule has 0 rings (SSSR count). The zero-order chi connectivity index (χ0) is 35.0. The van der Waals surface area contributed by atoms with Crippen molar-refractivity contribution in [2.75, 3.05) is 19.8 Å². The summed E-state index contributed by atoms with van der Waals surface area (Å²) in [6.07, 6.45) is 47.8. The van der Waals surface area contributed by atoms with Crippen LogP contribution in [0.4, 0.5) is 0 Å². The van der Waals surface area contributed by atoms with Crippen LogP contribution in [0.2, 0.25) is 0 Å². The summed E-state index contributed by atoms with van der Waals surface area (Å²) in [5.74, 6) is -0.465. The fourth-order valence-corrected chi connectivity index (χ4v) is 4.89. The van der Waals surface area contributed by atoms with E-state index in [0.29, 0.717) is 19.4 Å². The monoisotopic (exact) mass is 669 g/mol. The first-order valence-electron chi connectivity index (χ1n) is 19.5. The number of hydrogen-bond acceptors (Lipinski definition) is 5. The van der Waals surface area contributed by atoms with Gasteiger partial charge in [-0.2, -0.15) is 0 Å². The van der Waals surface area contributed by atoms with Crippen LogP contribution in [-0.2, 0) is 23.8 Å². The summed E-state index contributed by atoms with van der Waals surface area (Å²) < 4.78 is 17.1. The van der Waals surface area contributed by atoms with Gasteiger partial charge in [-0.1, -0.05) is 139 Å². The minimum absolute atomic E-state index is 0.0574. The third-order valence-corrected chi connectivity index (χ3v) is 7.74. The number of carbonyl (C=O) groups excluding carboxylic acids is 2. The van der Waals surface area contributed by atoms with Crippen molar-refractivity contribution in [2.45, 2.75) is 168 Å². The zero-order valence-electron chi connectivity index (χ0n) is 31.2. The molecule has 0 heterocycles. The first-order valence-corrected chi connectivity index (χ1v) is 19.5. The second-order valence-electron chi connectivity index (χ2n) is 12.4. The van der Waals surface area contributed by atoms with Gasteiger partial charge in [-0.3, -0.25) is 9.59 Å².